The van der Waals surface area contributed by atoms with E-state index in [4.69, 9.17) is 0 Å². The van der Waals surface area contributed by atoms with Gasteiger partial charge in [0.1, 0.15) is 11.9 Å². The summed E-state index contributed by atoms with van der Waals surface area (Å²) < 4.78 is 5.32. The first-order valence-corrected chi connectivity index (χ1v) is 16.4. The predicted molar refractivity (Wildman–Crippen MR) is 168 cm³/mol. The van der Waals surface area contributed by atoms with Crippen molar-refractivity contribution in [2.24, 2.45) is 0 Å². The molecule has 0 aliphatic rings. The Hall–Kier alpha value is -2.35. The van der Waals surface area contributed by atoms with Crippen LogP contribution < -0.4 is 4.57 Å². The van der Waals surface area contributed by atoms with Crippen LogP contribution in [-0.2, 0) is 25.9 Å². The van der Waals surface area contributed by atoms with Gasteiger partial charge in [0.25, 0.3) is 5.82 Å². The van der Waals surface area contributed by atoms with Crippen molar-refractivity contribution in [1.82, 2.24) is 4.57 Å². The lowest BCUT2D eigenvalue weighted by molar-refractivity contribution is -0.704. The Balaban J connectivity index is 1.67. The molecule has 0 amide bonds. The third kappa shape index (κ3) is 11.3. The topological polar surface area (TPSA) is 8.81 Å². The quantitative estimate of drug-likeness (QED) is 0.0958. The van der Waals surface area contributed by atoms with Crippen LogP contribution >= 0.6 is 0 Å². The summed E-state index contributed by atoms with van der Waals surface area (Å²) in [7, 11) is 0. The van der Waals surface area contributed by atoms with Crippen LogP contribution in [0.15, 0.2) is 66.9 Å². The standard InChI is InChI=1S/C37H57N2/c1-4-6-8-9-10-11-12-13-14-15-23-29-39-36(30-33(3)35-26-20-17-21-27-35)32-38(28-22-7-5-2)37(39)31-34-24-18-16-19-25-34/h16-21,24-27,32-33H,4-15,22-23,28-31H2,1-3H3/q+1. The summed E-state index contributed by atoms with van der Waals surface area (Å²) in [6, 6.07) is 22.2. The second-order valence-electron chi connectivity index (χ2n) is 11.8. The monoisotopic (exact) mass is 529 g/mol. The van der Waals surface area contributed by atoms with Gasteiger partial charge in [0.15, 0.2) is 0 Å². The molecule has 3 rings (SSSR count). The molecule has 2 aromatic carbocycles. The molecule has 39 heavy (non-hydrogen) atoms. The Bertz CT molecular complexity index is 1000. The van der Waals surface area contributed by atoms with Crippen molar-refractivity contribution in [2.75, 3.05) is 0 Å². The van der Waals surface area contributed by atoms with Gasteiger partial charge in [0, 0.05) is 6.42 Å². The third-order valence-electron chi connectivity index (χ3n) is 8.37. The van der Waals surface area contributed by atoms with Crippen molar-refractivity contribution in [2.45, 2.75) is 143 Å². The molecule has 0 radical (unpaired) electrons. The van der Waals surface area contributed by atoms with E-state index in [-0.39, 0.29) is 0 Å². The Morgan fingerprint density at radius 1 is 0.641 bits per heavy atom. The lowest BCUT2D eigenvalue weighted by Gasteiger charge is -2.12. The first kappa shape index (κ1) is 31.2. The molecule has 0 aliphatic carbocycles. The number of hydrogen-bond acceptors (Lipinski definition) is 0. The van der Waals surface area contributed by atoms with E-state index in [0.29, 0.717) is 5.92 Å². The highest BCUT2D eigenvalue weighted by Gasteiger charge is 2.25. The Morgan fingerprint density at radius 2 is 1.18 bits per heavy atom. The summed E-state index contributed by atoms with van der Waals surface area (Å²) in [5, 5.41) is 0. The average molecular weight is 530 g/mol. The third-order valence-corrected chi connectivity index (χ3v) is 8.37. The molecule has 0 bridgehead atoms. The highest BCUT2D eigenvalue weighted by molar-refractivity contribution is 5.22. The van der Waals surface area contributed by atoms with Crippen molar-refractivity contribution in [1.29, 1.82) is 0 Å². The first-order chi connectivity index (χ1) is 19.2. The van der Waals surface area contributed by atoms with Crippen LogP contribution in [0.3, 0.4) is 0 Å². The molecular weight excluding hydrogens is 472 g/mol. The maximum Gasteiger partial charge on any atom is 0.261 e. The van der Waals surface area contributed by atoms with Crippen molar-refractivity contribution >= 4 is 0 Å². The van der Waals surface area contributed by atoms with Crippen LogP contribution in [0.2, 0.25) is 0 Å². The largest absolute Gasteiger partial charge is 0.261 e. The molecule has 2 heteroatoms. The number of aryl methyl sites for hydroxylation is 1. The second kappa shape index (κ2) is 18.9. The molecule has 1 unspecified atom stereocenters. The van der Waals surface area contributed by atoms with Gasteiger partial charge in [0.2, 0.25) is 0 Å². The lowest BCUT2D eigenvalue weighted by Crippen LogP contribution is -2.37. The molecule has 0 aliphatic heterocycles. The van der Waals surface area contributed by atoms with Gasteiger partial charge in [-0.15, -0.1) is 0 Å². The molecule has 0 saturated heterocycles. The zero-order valence-electron chi connectivity index (χ0n) is 25.6. The molecule has 0 N–H and O–H groups in total. The molecule has 0 spiro atoms. The maximum atomic E-state index is 2.71. The Labute approximate surface area is 240 Å². The lowest BCUT2D eigenvalue weighted by atomic mass is 9.96. The average Bonchev–Trinajstić information content (AvgIpc) is 3.27. The zero-order chi connectivity index (χ0) is 27.5. The van der Waals surface area contributed by atoms with E-state index < -0.39 is 0 Å². The SMILES string of the molecule is CCCCCCCCCCCCCn1c(CC(C)c2ccccc2)c[n+](CCCCC)c1Cc1ccccc1. The second-order valence-corrected chi connectivity index (χ2v) is 11.8. The summed E-state index contributed by atoms with van der Waals surface area (Å²) in [4.78, 5) is 0. The van der Waals surface area contributed by atoms with Gasteiger partial charge in [-0.1, -0.05) is 146 Å². The van der Waals surface area contributed by atoms with Crippen molar-refractivity contribution in [3.63, 3.8) is 0 Å². The summed E-state index contributed by atoms with van der Waals surface area (Å²) in [5.74, 6) is 2.02. The summed E-state index contributed by atoms with van der Waals surface area (Å²) in [6.07, 6.45) is 23.8. The maximum absolute atomic E-state index is 2.71. The zero-order valence-corrected chi connectivity index (χ0v) is 25.6. The Kier molecular flexibility index (Phi) is 15.1. The fourth-order valence-corrected chi connectivity index (χ4v) is 5.93. The molecule has 1 atom stereocenters. The van der Waals surface area contributed by atoms with Crippen LogP contribution in [0.1, 0.15) is 139 Å². The molecule has 1 heterocycles. The van der Waals surface area contributed by atoms with Crippen molar-refractivity contribution in [3.8, 4) is 0 Å². The van der Waals surface area contributed by atoms with Crippen LogP contribution in [-0.4, -0.2) is 4.57 Å². The molecule has 0 saturated carbocycles. The highest BCUT2D eigenvalue weighted by atomic mass is 15.2. The normalized spacial score (nSPS) is 12.2. The molecule has 2 nitrogen and oxygen atoms in total. The Morgan fingerprint density at radius 3 is 1.79 bits per heavy atom. The van der Waals surface area contributed by atoms with Crippen molar-refractivity contribution in [3.05, 3.63) is 89.5 Å². The van der Waals surface area contributed by atoms with Gasteiger partial charge in [-0.2, -0.15) is 0 Å². The van der Waals surface area contributed by atoms with E-state index in [1.165, 1.54) is 113 Å². The number of hydrogen-bond donors (Lipinski definition) is 0. The van der Waals surface area contributed by atoms with E-state index in [1.807, 2.05) is 0 Å². The summed E-state index contributed by atoms with van der Waals surface area (Å²) >= 11 is 0. The van der Waals surface area contributed by atoms with Crippen LogP contribution in [0, 0.1) is 0 Å². The highest BCUT2D eigenvalue weighted by Crippen LogP contribution is 2.22. The van der Waals surface area contributed by atoms with Gasteiger partial charge >= 0.3 is 0 Å². The van der Waals surface area contributed by atoms with Gasteiger partial charge in [-0.3, -0.25) is 0 Å². The summed E-state index contributed by atoms with van der Waals surface area (Å²) in [6.45, 7) is 9.29. The van der Waals surface area contributed by atoms with Gasteiger partial charge < -0.3 is 0 Å². The van der Waals surface area contributed by atoms with E-state index in [9.17, 15) is 0 Å². The minimum Gasteiger partial charge on any atom is -0.234 e. The van der Waals surface area contributed by atoms with Gasteiger partial charge in [0.05, 0.1) is 19.5 Å². The van der Waals surface area contributed by atoms with Crippen LogP contribution in [0.4, 0.5) is 0 Å². The van der Waals surface area contributed by atoms with E-state index in [0.717, 1.165) is 25.9 Å². The van der Waals surface area contributed by atoms with E-state index >= 15 is 0 Å². The number of unbranched alkanes of at least 4 members (excludes halogenated alkanes) is 12. The van der Waals surface area contributed by atoms with Gasteiger partial charge in [-0.25, -0.2) is 9.13 Å². The minimum absolute atomic E-state index is 0.519. The molecule has 0 fully saturated rings. The minimum atomic E-state index is 0.519. The number of nitrogens with zero attached hydrogens (tertiary/aromatic N) is 2. The smallest absolute Gasteiger partial charge is 0.234 e. The van der Waals surface area contributed by atoms with E-state index in [2.05, 4.69) is 96.8 Å². The van der Waals surface area contributed by atoms with Crippen LogP contribution in [0.5, 0.6) is 0 Å². The van der Waals surface area contributed by atoms with E-state index in [1.54, 1.807) is 0 Å². The predicted octanol–water partition coefficient (Wildman–Crippen LogP) is 10.2. The van der Waals surface area contributed by atoms with Crippen molar-refractivity contribution < 1.29 is 4.57 Å². The summed E-state index contributed by atoms with van der Waals surface area (Å²) in [5.41, 5.74) is 4.38. The molecule has 3 aromatic rings. The molecule has 214 valence electrons. The number of rotatable bonds is 21. The first-order valence-electron chi connectivity index (χ1n) is 16.4. The fraction of sp³-hybridized carbons (Fsp3) is 0.595. The van der Waals surface area contributed by atoms with Crippen LogP contribution in [0.25, 0.3) is 0 Å². The molecule has 1 aromatic heterocycles. The van der Waals surface area contributed by atoms with Gasteiger partial charge in [-0.05, 0) is 42.7 Å². The molecular formula is C37H57N2+. The number of imidazole rings is 1. The number of benzene rings is 2. The number of aromatic nitrogens is 2. The fourth-order valence-electron chi connectivity index (χ4n) is 5.93.